The highest BCUT2D eigenvalue weighted by Crippen LogP contribution is 2.15. The van der Waals surface area contributed by atoms with Crippen LogP contribution in [0, 0.1) is 0 Å². The number of nitrogens with one attached hydrogen (secondary N) is 1. The van der Waals surface area contributed by atoms with Gasteiger partial charge in [0.25, 0.3) is 0 Å². The fourth-order valence-electron chi connectivity index (χ4n) is 4.44. The van der Waals surface area contributed by atoms with Gasteiger partial charge in [0.1, 0.15) is 12.4 Å². The highest BCUT2D eigenvalue weighted by molar-refractivity contribution is 5.80. The minimum absolute atomic E-state index is 0.268. The van der Waals surface area contributed by atoms with Gasteiger partial charge in [-0.05, 0) is 29.7 Å². The van der Waals surface area contributed by atoms with Crippen molar-refractivity contribution < 1.29 is 9.53 Å². The number of hydrogen-bond acceptors (Lipinski definition) is 4. The van der Waals surface area contributed by atoms with Gasteiger partial charge in [0.05, 0.1) is 0 Å². The normalized spacial score (nSPS) is 17.5. The lowest BCUT2D eigenvalue weighted by molar-refractivity contribution is -0.128. The molecule has 2 aromatic rings. The maximum atomic E-state index is 11.9. The molecule has 2 aliphatic rings. The summed E-state index contributed by atoms with van der Waals surface area (Å²) in [7, 11) is 1.85. The van der Waals surface area contributed by atoms with Crippen LogP contribution in [0.5, 0.6) is 5.75 Å². The number of likely N-dealkylation sites (tertiary alicyclic amines) is 1. The van der Waals surface area contributed by atoms with Crippen molar-refractivity contribution in [3.63, 3.8) is 0 Å². The molecule has 33 heavy (non-hydrogen) atoms. The Bertz CT molecular complexity index is 925. The second-order valence-corrected chi connectivity index (χ2v) is 8.63. The van der Waals surface area contributed by atoms with Gasteiger partial charge in [0.2, 0.25) is 5.91 Å². The lowest BCUT2D eigenvalue weighted by Gasteiger charge is -2.36. The molecule has 1 N–H and O–H groups in total. The summed E-state index contributed by atoms with van der Waals surface area (Å²) in [6, 6.07) is 18.5. The summed E-state index contributed by atoms with van der Waals surface area (Å²) in [6.07, 6.45) is 1.66. The van der Waals surface area contributed by atoms with Gasteiger partial charge in [-0.25, -0.2) is 0 Å². The van der Waals surface area contributed by atoms with Crippen molar-refractivity contribution in [3.05, 3.63) is 65.7 Å². The Kier molecular flexibility index (Phi) is 8.19. The number of para-hydroxylation sites is 1. The SMILES string of the molecule is CN=C(NCc1cccc(CN2CCCC2=O)c1)N1CCN(CCOc2ccccc2)CC1. The summed E-state index contributed by atoms with van der Waals surface area (Å²) in [5.41, 5.74) is 2.39. The molecular formula is C26H35N5O2. The maximum Gasteiger partial charge on any atom is 0.222 e. The number of piperazine rings is 1. The first-order valence-electron chi connectivity index (χ1n) is 11.9. The fraction of sp³-hybridized carbons (Fsp3) is 0.462. The van der Waals surface area contributed by atoms with E-state index < -0.39 is 0 Å². The van der Waals surface area contributed by atoms with Crippen LogP contribution in [-0.4, -0.2) is 79.5 Å². The van der Waals surface area contributed by atoms with Crippen LogP contribution in [0.3, 0.4) is 0 Å². The Morgan fingerprint density at radius 2 is 1.79 bits per heavy atom. The van der Waals surface area contributed by atoms with Crippen LogP contribution in [0.2, 0.25) is 0 Å². The van der Waals surface area contributed by atoms with Crippen LogP contribution in [-0.2, 0) is 17.9 Å². The van der Waals surface area contributed by atoms with Crippen LogP contribution in [0.25, 0.3) is 0 Å². The van der Waals surface area contributed by atoms with Gasteiger partial charge in [-0.2, -0.15) is 0 Å². The van der Waals surface area contributed by atoms with Gasteiger partial charge in [-0.15, -0.1) is 0 Å². The van der Waals surface area contributed by atoms with E-state index in [1.165, 1.54) is 11.1 Å². The van der Waals surface area contributed by atoms with E-state index in [2.05, 4.69) is 44.4 Å². The standard InChI is InChI=1S/C26H35N5O2/c1-27-26(28-20-22-7-5-8-23(19-22)21-31-12-6-11-25(31)32)30-15-13-29(14-16-30)17-18-33-24-9-3-2-4-10-24/h2-5,7-10,19H,6,11-18,20-21H2,1H3,(H,27,28). The molecule has 7 nitrogen and oxygen atoms in total. The Morgan fingerprint density at radius 1 is 1.00 bits per heavy atom. The molecule has 2 aliphatic heterocycles. The van der Waals surface area contributed by atoms with Crippen LogP contribution in [0.15, 0.2) is 59.6 Å². The molecule has 2 fully saturated rings. The van der Waals surface area contributed by atoms with E-state index >= 15 is 0 Å². The molecule has 0 radical (unpaired) electrons. The van der Waals surface area contributed by atoms with E-state index in [1.807, 2.05) is 42.3 Å². The quantitative estimate of drug-likeness (QED) is 0.496. The van der Waals surface area contributed by atoms with E-state index in [4.69, 9.17) is 4.74 Å². The predicted molar refractivity (Wildman–Crippen MR) is 131 cm³/mol. The Hall–Kier alpha value is -3.06. The molecule has 2 aromatic carbocycles. The molecule has 176 valence electrons. The molecule has 2 saturated heterocycles. The number of carbonyl (C=O) groups is 1. The summed E-state index contributed by atoms with van der Waals surface area (Å²) in [5, 5.41) is 3.52. The van der Waals surface area contributed by atoms with Gasteiger partial charge < -0.3 is 19.9 Å². The summed E-state index contributed by atoms with van der Waals surface area (Å²) in [5.74, 6) is 2.14. The van der Waals surface area contributed by atoms with E-state index in [1.54, 1.807) is 0 Å². The molecule has 0 aromatic heterocycles. The molecule has 0 aliphatic carbocycles. The maximum absolute atomic E-state index is 11.9. The van der Waals surface area contributed by atoms with Gasteiger partial charge in [0, 0.05) is 65.8 Å². The largest absolute Gasteiger partial charge is 0.492 e. The average molecular weight is 450 g/mol. The number of aliphatic imine (C=N–C) groups is 1. The van der Waals surface area contributed by atoms with Crippen molar-refractivity contribution in [2.75, 3.05) is 52.9 Å². The van der Waals surface area contributed by atoms with E-state index in [-0.39, 0.29) is 5.91 Å². The lowest BCUT2D eigenvalue weighted by atomic mass is 10.1. The number of benzene rings is 2. The molecule has 7 heteroatoms. The van der Waals surface area contributed by atoms with Crippen LogP contribution >= 0.6 is 0 Å². The second kappa shape index (κ2) is 11.7. The highest BCUT2D eigenvalue weighted by Gasteiger charge is 2.21. The molecule has 0 spiro atoms. The number of nitrogens with zero attached hydrogens (tertiary/aromatic N) is 4. The number of ether oxygens (including phenoxy) is 1. The first-order chi connectivity index (χ1) is 16.2. The molecule has 2 heterocycles. The number of rotatable bonds is 8. The van der Waals surface area contributed by atoms with Crippen LogP contribution in [0.4, 0.5) is 0 Å². The Balaban J connectivity index is 1.20. The highest BCUT2D eigenvalue weighted by atomic mass is 16.5. The Morgan fingerprint density at radius 3 is 2.52 bits per heavy atom. The predicted octanol–water partition coefficient (Wildman–Crippen LogP) is 2.58. The lowest BCUT2D eigenvalue weighted by Crippen LogP contribution is -2.52. The van der Waals surface area contributed by atoms with E-state index in [9.17, 15) is 4.79 Å². The third kappa shape index (κ3) is 6.71. The summed E-state index contributed by atoms with van der Waals surface area (Å²) in [6.45, 7) is 7.83. The van der Waals surface area contributed by atoms with Crippen molar-refractivity contribution >= 4 is 11.9 Å². The Labute approximate surface area is 197 Å². The second-order valence-electron chi connectivity index (χ2n) is 8.63. The molecule has 1 amide bonds. The fourth-order valence-corrected chi connectivity index (χ4v) is 4.44. The minimum atomic E-state index is 0.268. The monoisotopic (exact) mass is 449 g/mol. The number of carbonyl (C=O) groups excluding carboxylic acids is 1. The van der Waals surface area contributed by atoms with Crippen molar-refractivity contribution in [1.29, 1.82) is 0 Å². The zero-order chi connectivity index (χ0) is 22.9. The number of guanidine groups is 1. The van der Waals surface area contributed by atoms with Gasteiger partial charge in [-0.3, -0.25) is 14.7 Å². The minimum Gasteiger partial charge on any atom is -0.492 e. The van der Waals surface area contributed by atoms with E-state index in [0.29, 0.717) is 19.6 Å². The topological polar surface area (TPSA) is 60.4 Å². The van der Waals surface area contributed by atoms with E-state index in [0.717, 1.165) is 63.9 Å². The molecule has 0 atom stereocenters. The molecule has 4 rings (SSSR count). The van der Waals surface area contributed by atoms with Crippen molar-refractivity contribution in [2.24, 2.45) is 4.99 Å². The smallest absolute Gasteiger partial charge is 0.222 e. The number of amides is 1. The van der Waals surface area contributed by atoms with Gasteiger partial charge in [0.15, 0.2) is 5.96 Å². The summed E-state index contributed by atoms with van der Waals surface area (Å²) < 4.78 is 5.84. The third-order valence-electron chi connectivity index (χ3n) is 6.29. The molecule has 0 bridgehead atoms. The van der Waals surface area contributed by atoms with Gasteiger partial charge >= 0.3 is 0 Å². The molecular weight excluding hydrogens is 414 g/mol. The molecule has 0 saturated carbocycles. The van der Waals surface area contributed by atoms with Crippen molar-refractivity contribution in [2.45, 2.75) is 25.9 Å². The zero-order valence-electron chi connectivity index (χ0n) is 19.6. The number of hydrogen-bond donors (Lipinski definition) is 1. The first-order valence-corrected chi connectivity index (χ1v) is 11.9. The third-order valence-corrected chi connectivity index (χ3v) is 6.29. The zero-order valence-corrected chi connectivity index (χ0v) is 19.6. The van der Waals surface area contributed by atoms with Crippen LogP contribution < -0.4 is 10.1 Å². The first kappa shape index (κ1) is 23.1. The van der Waals surface area contributed by atoms with Gasteiger partial charge in [-0.1, -0.05) is 42.5 Å². The molecule has 0 unspecified atom stereocenters. The van der Waals surface area contributed by atoms with Crippen molar-refractivity contribution in [1.82, 2.24) is 20.0 Å². The van der Waals surface area contributed by atoms with Crippen molar-refractivity contribution in [3.8, 4) is 5.75 Å². The summed E-state index contributed by atoms with van der Waals surface area (Å²) in [4.78, 5) is 23.1. The van der Waals surface area contributed by atoms with Crippen LogP contribution in [0.1, 0.15) is 24.0 Å². The average Bonchev–Trinajstić information content (AvgIpc) is 3.25. The summed E-state index contributed by atoms with van der Waals surface area (Å²) >= 11 is 0.